The number of rotatable bonds is 8. The predicted molar refractivity (Wildman–Crippen MR) is 81.8 cm³/mol. The van der Waals surface area contributed by atoms with Crippen LogP contribution in [-0.2, 0) is 11.2 Å². The molecule has 0 aliphatic carbocycles. The molecule has 0 spiro atoms. The van der Waals surface area contributed by atoms with Gasteiger partial charge in [-0.05, 0) is 36.4 Å². The smallest absolute Gasteiger partial charge is 0.251 e. The van der Waals surface area contributed by atoms with E-state index in [1.54, 1.807) is 7.11 Å². The third-order valence-corrected chi connectivity index (χ3v) is 3.39. The van der Waals surface area contributed by atoms with E-state index in [1.165, 1.54) is 0 Å². The maximum absolute atomic E-state index is 12.3. The highest BCUT2D eigenvalue weighted by atomic mass is 16.5. The van der Waals surface area contributed by atoms with Crippen molar-refractivity contribution < 1.29 is 9.53 Å². The summed E-state index contributed by atoms with van der Waals surface area (Å²) < 4.78 is 5.09. The molecule has 0 unspecified atom stereocenters. The monoisotopic (exact) mass is 278 g/mol. The number of hydrogen-bond acceptors (Lipinski definition) is 3. The summed E-state index contributed by atoms with van der Waals surface area (Å²) in [6.45, 7) is 6.12. The number of hydrogen-bond donors (Lipinski definition) is 2. The first-order valence-electron chi connectivity index (χ1n) is 7.05. The van der Waals surface area contributed by atoms with E-state index in [4.69, 9.17) is 10.5 Å². The Kier molecular flexibility index (Phi) is 6.68. The lowest BCUT2D eigenvalue weighted by atomic mass is 9.89. The van der Waals surface area contributed by atoms with E-state index in [1.807, 2.05) is 24.3 Å². The third kappa shape index (κ3) is 5.31. The van der Waals surface area contributed by atoms with E-state index < -0.39 is 0 Å². The van der Waals surface area contributed by atoms with Crippen molar-refractivity contribution in [1.29, 1.82) is 0 Å². The van der Waals surface area contributed by atoms with E-state index >= 15 is 0 Å². The number of methoxy groups -OCH3 is 1. The summed E-state index contributed by atoms with van der Waals surface area (Å²) in [5, 5.41) is 3.01. The average molecular weight is 278 g/mol. The molecule has 0 bridgehead atoms. The molecule has 4 nitrogen and oxygen atoms in total. The van der Waals surface area contributed by atoms with Crippen molar-refractivity contribution in [3.8, 4) is 0 Å². The molecule has 0 aromatic heterocycles. The minimum absolute atomic E-state index is 0.0223. The molecule has 112 valence electrons. The summed E-state index contributed by atoms with van der Waals surface area (Å²) >= 11 is 0. The van der Waals surface area contributed by atoms with Gasteiger partial charge in [-0.2, -0.15) is 0 Å². The van der Waals surface area contributed by atoms with Crippen LogP contribution in [0.3, 0.4) is 0 Å². The number of carbonyl (C=O) groups is 1. The molecule has 0 radical (unpaired) electrons. The SMILES string of the molecule is COCCC(C)(C)CNC(=O)c1ccccc1CCN. The van der Waals surface area contributed by atoms with Crippen LogP contribution in [0.4, 0.5) is 0 Å². The Bertz CT molecular complexity index is 430. The first-order valence-corrected chi connectivity index (χ1v) is 7.05. The van der Waals surface area contributed by atoms with Crippen LogP contribution in [0, 0.1) is 5.41 Å². The van der Waals surface area contributed by atoms with Crippen molar-refractivity contribution in [1.82, 2.24) is 5.32 Å². The second-order valence-corrected chi connectivity index (χ2v) is 5.79. The zero-order valence-electron chi connectivity index (χ0n) is 12.7. The number of nitrogens with one attached hydrogen (secondary N) is 1. The van der Waals surface area contributed by atoms with Crippen molar-refractivity contribution >= 4 is 5.91 Å². The van der Waals surface area contributed by atoms with Gasteiger partial charge in [0, 0.05) is 25.8 Å². The molecule has 1 rings (SSSR count). The number of amides is 1. The Labute approximate surface area is 121 Å². The van der Waals surface area contributed by atoms with Gasteiger partial charge in [0.2, 0.25) is 0 Å². The molecule has 0 heterocycles. The molecular weight excluding hydrogens is 252 g/mol. The molecular formula is C16H26N2O2. The number of ether oxygens (including phenoxy) is 1. The normalized spacial score (nSPS) is 11.4. The molecule has 0 aliphatic heterocycles. The van der Waals surface area contributed by atoms with Crippen LogP contribution in [0.15, 0.2) is 24.3 Å². The average Bonchev–Trinajstić information content (AvgIpc) is 2.44. The lowest BCUT2D eigenvalue weighted by molar-refractivity contribution is 0.0920. The summed E-state index contributed by atoms with van der Waals surface area (Å²) in [5.74, 6) is -0.0282. The zero-order valence-corrected chi connectivity index (χ0v) is 12.7. The van der Waals surface area contributed by atoms with E-state index in [2.05, 4.69) is 19.2 Å². The summed E-state index contributed by atoms with van der Waals surface area (Å²) in [6, 6.07) is 7.62. The standard InChI is InChI=1S/C16H26N2O2/c1-16(2,9-11-20-3)12-18-15(19)14-7-5-4-6-13(14)8-10-17/h4-7H,8-12,17H2,1-3H3,(H,18,19). The Morgan fingerprint density at radius 3 is 2.70 bits per heavy atom. The summed E-state index contributed by atoms with van der Waals surface area (Å²) in [6.07, 6.45) is 1.63. The molecule has 1 amide bonds. The van der Waals surface area contributed by atoms with Crippen molar-refractivity contribution in [3.63, 3.8) is 0 Å². The zero-order chi connectivity index (χ0) is 15.0. The molecule has 0 aliphatic rings. The second kappa shape index (κ2) is 8.02. The van der Waals surface area contributed by atoms with E-state index in [0.717, 1.165) is 24.0 Å². The predicted octanol–water partition coefficient (Wildman–Crippen LogP) is 1.98. The summed E-state index contributed by atoms with van der Waals surface area (Å²) in [5.41, 5.74) is 7.33. The Balaban J connectivity index is 2.63. The highest BCUT2D eigenvalue weighted by Gasteiger charge is 2.19. The van der Waals surface area contributed by atoms with Gasteiger partial charge in [-0.3, -0.25) is 4.79 Å². The van der Waals surface area contributed by atoms with Gasteiger partial charge in [-0.25, -0.2) is 0 Å². The Morgan fingerprint density at radius 2 is 2.05 bits per heavy atom. The van der Waals surface area contributed by atoms with Gasteiger partial charge in [-0.1, -0.05) is 32.0 Å². The molecule has 0 atom stereocenters. The molecule has 0 fully saturated rings. The van der Waals surface area contributed by atoms with Gasteiger partial charge in [0.1, 0.15) is 0 Å². The fourth-order valence-corrected chi connectivity index (χ4v) is 2.00. The topological polar surface area (TPSA) is 64.3 Å². The van der Waals surface area contributed by atoms with Crippen LogP contribution in [0.2, 0.25) is 0 Å². The van der Waals surface area contributed by atoms with Gasteiger partial charge >= 0.3 is 0 Å². The minimum atomic E-state index is -0.0282. The van der Waals surface area contributed by atoms with Gasteiger partial charge in [0.25, 0.3) is 5.91 Å². The van der Waals surface area contributed by atoms with Gasteiger partial charge in [0.15, 0.2) is 0 Å². The minimum Gasteiger partial charge on any atom is -0.385 e. The number of carbonyl (C=O) groups excluding carboxylic acids is 1. The van der Waals surface area contributed by atoms with Crippen molar-refractivity contribution in [2.75, 3.05) is 26.8 Å². The first kappa shape index (κ1) is 16.7. The lowest BCUT2D eigenvalue weighted by Crippen LogP contribution is -2.35. The van der Waals surface area contributed by atoms with Crippen LogP contribution in [0.25, 0.3) is 0 Å². The molecule has 0 saturated heterocycles. The molecule has 4 heteroatoms. The quantitative estimate of drug-likeness (QED) is 0.764. The summed E-state index contributed by atoms with van der Waals surface area (Å²) in [4.78, 5) is 12.3. The maximum atomic E-state index is 12.3. The van der Waals surface area contributed by atoms with Crippen LogP contribution in [0.5, 0.6) is 0 Å². The van der Waals surface area contributed by atoms with E-state index in [9.17, 15) is 4.79 Å². The largest absolute Gasteiger partial charge is 0.385 e. The molecule has 1 aromatic carbocycles. The van der Waals surface area contributed by atoms with Gasteiger partial charge in [0.05, 0.1) is 0 Å². The van der Waals surface area contributed by atoms with E-state index in [0.29, 0.717) is 19.7 Å². The maximum Gasteiger partial charge on any atom is 0.251 e. The Morgan fingerprint density at radius 1 is 1.35 bits per heavy atom. The van der Waals surface area contributed by atoms with Crippen LogP contribution < -0.4 is 11.1 Å². The van der Waals surface area contributed by atoms with Gasteiger partial charge < -0.3 is 15.8 Å². The highest BCUT2D eigenvalue weighted by molar-refractivity contribution is 5.95. The lowest BCUT2D eigenvalue weighted by Gasteiger charge is -2.24. The molecule has 1 aromatic rings. The van der Waals surface area contributed by atoms with E-state index in [-0.39, 0.29) is 11.3 Å². The summed E-state index contributed by atoms with van der Waals surface area (Å²) in [7, 11) is 1.69. The molecule has 20 heavy (non-hydrogen) atoms. The first-order chi connectivity index (χ1) is 9.50. The second-order valence-electron chi connectivity index (χ2n) is 5.79. The molecule has 0 saturated carbocycles. The number of nitrogens with two attached hydrogens (primary N) is 1. The fourth-order valence-electron chi connectivity index (χ4n) is 2.00. The number of benzene rings is 1. The van der Waals surface area contributed by atoms with Crippen LogP contribution >= 0.6 is 0 Å². The van der Waals surface area contributed by atoms with Gasteiger partial charge in [-0.15, -0.1) is 0 Å². The fraction of sp³-hybridized carbons (Fsp3) is 0.562. The van der Waals surface area contributed by atoms with Crippen LogP contribution in [0.1, 0.15) is 36.2 Å². The highest BCUT2D eigenvalue weighted by Crippen LogP contribution is 2.19. The van der Waals surface area contributed by atoms with Crippen LogP contribution in [-0.4, -0.2) is 32.7 Å². The van der Waals surface area contributed by atoms with Crippen molar-refractivity contribution in [2.24, 2.45) is 11.1 Å². The molecule has 3 N–H and O–H groups in total. The van der Waals surface area contributed by atoms with Crippen molar-refractivity contribution in [3.05, 3.63) is 35.4 Å². The Hall–Kier alpha value is -1.39. The third-order valence-electron chi connectivity index (χ3n) is 3.39. The van der Waals surface area contributed by atoms with Crippen molar-refractivity contribution in [2.45, 2.75) is 26.7 Å².